The number of nitrogens with two attached hydrogens (primary N) is 1. The summed E-state index contributed by atoms with van der Waals surface area (Å²) in [6.07, 6.45) is 0.843. The highest BCUT2D eigenvalue weighted by molar-refractivity contribution is 5.72. The van der Waals surface area contributed by atoms with Crippen molar-refractivity contribution in [2.45, 2.75) is 19.9 Å². The molecule has 0 radical (unpaired) electrons. The molecular formula is C13H19N5O2. The summed E-state index contributed by atoms with van der Waals surface area (Å²) >= 11 is 0. The van der Waals surface area contributed by atoms with Crippen molar-refractivity contribution < 1.29 is 9.47 Å². The molecule has 0 unspecified atom stereocenters. The van der Waals surface area contributed by atoms with E-state index in [1.165, 1.54) is 0 Å². The van der Waals surface area contributed by atoms with Crippen molar-refractivity contribution in [3.63, 3.8) is 0 Å². The topological polar surface area (TPSA) is 88.1 Å². The predicted molar refractivity (Wildman–Crippen MR) is 75.3 cm³/mol. The predicted octanol–water partition coefficient (Wildman–Crippen LogP) is 1.36. The van der Waals surface area contributed by atoms with Gasteiger partial charge in [-0.1, -0.05) is 0 Å². The lowest BCUT2D eigenvalue weighted by atomic mass is 10.1. The fourth-order valence-electron chi connectivity index (χ4n) is 1.86. The minimum atomic E-state index is 0.617. The van der Waals surface area contributed by atoms with Crippen LogP contribution in [0.25, 0.3) is 11.4 Å². The molecule has 0 aliphatic rings. The number of hydrogen-bond donors (Lipinski definition) is 1. The molecular weight excluding hydrogens is 258 g/mol. The monoisotopic (exact) mass is 277 g/mol. The minimum Gasteiger partial charge on any atom is -0.497 e. The van der Waals surface area contributed by atoms with E-state index in [0.717, 1.165) is 17.7 Å². The van der Waals surface area contributed by atoms with Gasteiger partial charge in [-0.2, -0.15) is 0 Å². The fraction of sp³-hybridized carbons (Fsp3) is 0.462. The van der Waals surface area contributed by atoms with E-state index >= 15 is 0 Å². The zero-order chi connectivity index (χ0) is 14.4. The molecule has 0 aliphatic carbocycles. The summed E-state index contributed by atoms with van der Waals surface area (Å²) in [6, 6.07) is 5.43. The summed E-state index contributed by atoms with van der Waals surface area (Å²) in [5, 5.41) is 11.8. The van der Waals surface area contributed by atoms with Crippen molar-refractivity contribution in [3.05, 3.63) is 18.2 Å². The number of ether oxygens (including phenoxy) is 2. The maximum absolute atomic E-state index is 5.99. The Kier molecular flexibility index (Phi) is 4.89. The molecule has 1 heterocycles. The fourth-order valence-corrected chi connectivity index (χ4v) is 1.86. The molecule has 0 aliphatic heterocycles. The van der Waals surface area contributed by atoms with Gasteiger partial charge in [-0.25, -0.2) is 4.68 Å². The molecule has 1 aromatic heterocycles. The quantitative estimate of drug-likeness (QED) is 0.607. The van der Waals surface area contributed by atoms with Gasteiger partial charge in [0.25, 0.3) is 0 Å². The van der Waals surface area contributed by atoms with Crippen molar-refractivity contribution in [2.75, 3.05) is 26.1 Å². The Labute approximate surface area is 117 Å². The van der Waals surface area contributed by atoms with Gasteiger partial charge < -0.3 is 15.2 Å². The van der Waals surface area contributed by atoms with E-state index in [1.807, 2.05) is 19.1 Å². The van der Waals surface area contributed by atoms with Gasteiger partial charge in [0.1, 0.15) is 5.75 Å². The van der Waals surface area contributed by atoms with Crippen molar-refractivity contribution in [3.8, 4) is 17.1 Å². The van der Waals surface area contributed by atoms with Crippen LogP contribution in [0.1, 0.15) is 13.3 Å². The summed E-state index contributed by atoms with van der Waals surface area (Å²) in [4.78, 5) is 0. The average Bonchev–Trinajstić information content (AvgIpc) is 2.92. The van der Waals surface area contributed by atoms with Crippen LogP contribution in [0.2, 0.25) is 0 Å². The number of rotatable bonds is 7. The number of tetrazole rings is 1. The van der Waals surface area contributed by atoms with Crippen LogP contribution >= 0.6 is 0 Å². The Balaban J connectivity index is 2.18. The van der Waals surface area contributed by atoms with Crippen LogP contribution in [-0.4, -0.2) is 40.5 Å². The molecule has 2 rings (SSSR count). The first-order valence-corrected chi connectivity index (χ1v) is 6.54. The molecule has 2 aromatic rings. The SMILES string of the molecule is CCOCCCn1nnnc1-c1cc(OC)ccc1N. The summed E-state index contributed by atoms with van der Waals surface area (Å²) < 4.78 is 12.2. The van der Waals surface area contributed by atoms with E-state index in [-0.39, 0.29) is 0 Å². The van der Waals surface area contributed by atoms with Crippen LogP contribution < -0.4 is 10.5 Å². The lowest BCUT2D eigenvalue weighted by Gasteiger charge is -2.08. The van der Waals surface area contributed by atoms with Gasteiger partial charge in [0, 0.05) is 31.0 Å². The second kappa shape index (κ2) is 6.85. The smallest absolute Gasteiger partial charge is 0.184 e. The number of hydrogen-bond acceptors (Lipinski definition) is 6. The molecule has 2 N–H and O–H groups in total. The molecule has 1 aromatic carbocycles. The van der Waals surface area contributed by atoms with E-state index in [1.54, 1.807) is 17.9 Å². The van der Waals surface area contributed by atoms with Gasteiger partial charge in [0.2, 0.25) is 0 Å². The summed E-state index contributed by atoms with van der Waals surface area (Å²) in [6.45, 7) is 4.05. The van der Waals surface area contributed by atoms with Crippen molar-refractivity contribution in [1.29, 1.82) is 0 Å². The second-order valence-electron chi connectivity index (χ2n) is 4.23. The maximum Gasteiger partial charge on any atom is 0.184 e. The lowest BCUT2D eigenvalue weighted by Crippen LogP contribution is -2.07. The Hall–Kier alpha value is -2.15. The minimum absolute atomic E-state index is 0.617. The summed E-state index contributed by atoms with van der Waals surface area (Å²) in [5.41, 5.74) is 7.38. The highest BCUT2D eigenvalue weighted by Crippen LogP contribution is 2.27. The van der Waals surface area contributed by atoms with Crippen LogP contribution in [0.5, 0.6) is 5.75 Å². The van der Waals surface area contributed by atoms with Crippen LogP contribution in [0, 0.1) is 0 Å². The largest absolute Gasteiger partial charge is 0.497 e. The van der Waals surface area contributed by atoms with Crippen molar-refractivity contribution in [1.82, 2.24) is 20.2 Å². The van der Waals surface area contributed by atoms with Crippen LogP contribution in [-0.2, 0) is 11.3 Å². The Morgan fingerprint density at radius 3 is 2.95 bits per heavy atom. The maximum atomic E-state index is 5.99. The van der Waals surface area contributed by atoms with Crippen LogP contribution in [0.15, 0.2) is 18.2 Å². The molecule has 20 heavy (non-hydrogen) atoms. The first kappa shape index (κ1) is 14.3. The standard InChI is InChI=1S/C13H19N5O2/c1-3-20-8-4-7-18-13(15-16-17-18)11-9-10(19-2)5-6-12(11)14/h5-6,9H,3-4,7-8,14H2,1-2H3. The third-order valence-corrected chi connectivity index (χ3v) is 2.90. The van der Waals surface area contributed by atoms with E-state index in [9.17, 15) is 0 Å². The van der Waals surface area contributed by atoms with Gasteiger partial charge in [0.05, 0.1) is 7.11 Å². The molecule has 0 amide bonds. The average molecular weight is 277 g/mol. The van der Waals surface area contributed by atoms with Crippen LogP contribution in [0.3, 0.4) is 0 Å². The van der Waals surface area contributed by atoms with Gasteiger partial charge in [-0.05, 0) is 42.0 Å². The molecule has 0 atom stereocenters. The molecule has 0 fully saturated rings. The van der Waals surface area contributed by atoms with Gasteiger partial charge in [0.15, 0.2) is 5.82 Å². The first-order chi connectivity index (χ1) is 9.76. The number of anilines is 1. The normalized spacial score (nSPS) is 10.7. The van der Waals surface area contributed by atoms with Crippen LogP contribution in [0.4, 0.5) is 5.69 Å². The lowest BCUT2D eigenvalue weighted by molar-refractivity contribution is 0.141. The van der Waals surface area contributed by atoms with E-state index in [0.29, 0.717) is 31.3 Å². The van der Waals surface area contributed by atoms with Crippen molar-refractivity contribution >= 4 is 5.69 Å². The van der Waals surface area contributed by atoms with E-state index in [2.05, 4.69) is 15.5 Å². The summed E-state index contributed by atoms with van der Waals surface area (Å²) in [7, 11) is 1.61. The number of aromatic nitrogens is 4. The molecule has 0 bridgehead atoms. The highest BCUT2D eigenvalue weighted by Gasteiger charge is 2.12. The number of nitrogens with zero attached hydrogens (tertiary/aromatic N) is 4. The Morgan fingerprint density at radius 1 is 1.35 bits per heavy atom. The van der Waals surface area contributed by atoms with Gasteiger partial charge >= 0.3 is 0 Å². The molecule has 0 saturated heterocycles. The van der Waals surface area contributed by atoms with Gasteiger partial charge in [-0.15, -0.1) is 5.10 Å². The third-order valence-electron chi connectivity index (χ3n) is 2.90. The number of nitrogen functional groups attached to an aromatic ring is 1. The van der Waals surface area contributed by atoms with Crippen molar-refractivity contribution in [2.24, 2.45) is 0 Å². The zero-order valence-corrected chi connectivity index (χ0v) is 11.7. The molecule has 108 valence electrons. The van der Waals surface area contributed by atoms with E-state index < -0.39 is 0 Å². The van der Waals surface area contributed by atoms with Gasteiger partial charge in [-0.3, -0.25) is 0 Å². The number of methoxy groups -OCH3 is 1. The number of aryl methyl sites for hydroxylation is 1. The summed E-state index contributed by atoms with van der Waals surface area (Å²) in [5.74, 6) is 1.36. The third kappa shape index (κ3) is 3.24. The molecule has 7 heteroatoms. The molecule has 0 saturated carbocycles. The second-order valence-corrected chi connectivity index (χ2v) is 4.23. The molecule has 0 spiro atoms. The molecule has 7 nitrogen and oxygen atoms in total. The highest BCUT2D eigenvalue weighted by atomic mass is 16.5. The van der Waals surface area contributed by atoms with E-state index in [4.69, 9.17) is 15.2 Å². The Morgan fingerprint density at radius 2 is 2.20 bits per heavy atom. The zero-order valence-electron chi connectivity index (χ0n) is 11.7. The Bertz CT molecular complexity index is 555. The number of benzene rings is 1. The first-order valence-electron chi connectivity index (χ1n) is 6.54.